The summed E-state index contributed by atoms with van der Waals surface area (Å²) in [6.07, 6.45) is 0. The Kier molecular flexibility index (Phi) is 4.55. The van der Waals surface area contributed by atoms with Gasteiger partial charge in [-0.2, -0.15) is 0 Å². The molecule has 0 saturated carbocycles. The number of aryl methyl sites for hydroxylation is 1. The maximum atomic E-state index is 13.0. The number of aromatic nitrogens is 1. The predicted molar refractivity (Wildman–Crippen MR) is 109 cm³/mol. The van der Waals surface area contributed by atoms with Crippen molar-refractivity contribution in [3.8, 4) is 5.75 Å². The second kappa shape index (κ2) is 7.16. The van der Waals surface area contributed by atoms with Crippen LogP contribution in [0.25, 0.3) is 21.7 Å². The Balaban J connectivity index is 1.62. The van der Waals surface area contributed by atoms with Gasteiger partial charge < -0.3 is 15.0 Å². The molecule has 2 N–H and O–H groups in total. The van der Waals surface area contributed by atoms with E-state index in [4.69, 9.17) is 4.74 Å². The van der Waals surface area contributed by atoms with Gasteiger partial charge in [0.05, 0.1) is 12.2 Å². The lowest BCUT2D eigenvalue weighted by atomic mass is 10.0. The highest BCUT2D eigenvalue weighted by Gasteiger charge is 2.16. The van der Waals surface area contributed by atoms with Crippen LogP contribution in [0.1, 0.15) is 28.5 Å². The van der Waals surface area contributed by atoms with Gasteiger partial charge in [-0.1, -0.05) is 36.4 Å². The van der Waals surface area contributed by atoms with Gasteiger partial charge in [0.1, 0.15) is 5.75 Å². The van der Waals surface area contributed by atoms with Crippen LogP contribution < -0.4 is 10.1 Å². The van der Waals surface area contributed by atoms with Crippen LogP contribution in [0.15, 0.2) is 60.7 Å². The van der Waals surface area contributed by atoms with Crippen molar-refractivity contribution in [3.63, 3.8) is 0 Å². The number of ether oxygens (including phenoxy) is 1. The van der Waals surface area contributed by atoms with Crippen molar-refractivity contribution in [2.24, 2.45) is 0 Å². The zero-order chi connectivity index (χ0) is 18.8. The fourth-order valence-corrected chi connectivity index (χ4v) is 3.47. The van der Waals surface area contributed by atoms with Gasteiger partial charge in [0.2, 0.25) is 0 Å². The fourth-order valence-electron chi connectivity index (χ4n) is 3.47. The van der Waals surface area contributed by atoms with Gasteiger partial charge in [0, 0.05) is 17.8 Å². The maximum Gasteiger partial charge on any atom is 0.255 e. The summed E-state index contributed by atoms with van der Waals surface area (Å²) in [5, 5.41) is 6.12. The molecule has 4 nitrogen and oxygen atoms in total. The molecule has 4 aromatic rings. The Morgan fingerprint density at radius 3 is 2.74 bits per heavy atom. The molecule has 1 amide bonds. The molecule has 1 heterocycles. The molecule has 27 heavy (non-hydrogen) atoms. The van der Waals surface area contributed by atoms with Gasteiger partial charge >= 0.3 is 0 Å². The summed E-state index contributed by atoms with van der Waals surface area (Å²) in [4.78, 5) is 16.3. The lowest BCUT2D eigenvalue weighted by molar-refractivity contribution is 0.0949. The van der Waals surface area contributed by atoms with E-state index >= 15 is 0 Å². The molecule has 0 atom stereocenters. The number of hydrogen-bond acceptors (Lipinski definition) is 2. The molecular formula is C23H22N2O2. The van der Waals surface area contributed by atoms with Crippen LogP contribution >= 0.6 is 0 Å². The molecule has 0 bridgehead atoms. The molecule has 0 saturated heterocycles. The lowest BCUT2D eigenvalue weighted by Gasteiger charge is -2.13. The minimum absolute atomic E-state index is 0.124. The Morgan fingerprint density at radius 2 is 1.89 bits per heavy atom. The van der Waals surface area contributed by atoms with E-state index in [0.717, 1.165) is 32.9 Å². The van der Waals surface area contributed by atoms with Crippen LogP contribution in [-0.2, 0) is 6.54 Å². The number of aromatic amines is 1. The molecule has 0 radical (unpaired) electrons. The highest BCUT2D eigenvalue weighted by Crippen LogP contribution is 2.28. The van der Waals surface area contributed by atoms with Crippen molar-refractivity contribution in [1.82, 2.24) is 10.3 Å². The molecule has 0 unspecified atom stereocenters. The van der Waals surface area contributed by atoms with E-state index in [-0.39, 0.29) is 5.91 Å². The first-order chi connectivity index (χ1) is 13.2. The number of H-pyrrole nitrogens is 1. The van der Waals surface area contributed by atoms with Gasteiger partial charge in [-0.05, 0) is 59.8 Å². The molecule has 0 aliphatic heterocycles. The minimum atomic E-state index is -0.124. The van der Waals surface area contributed by atoms with E-state index in [9.17, 15) is 4.79 Å². The fraction of sp³-hybridized carbons (Fsp3) is 0.174. The quantitative estimate of drug-likeness (QED) is 0.530. The van der Waals surface area contributed by atoms with E-state index in [2.05, 4.69) is 22.4 Å². The van der Waals surface area contributed by atoms with E-state index < -0.39 is 0 Å². The number of hydrogen-bond donors (Lipinski definition) is 2. The van der Waals surface area contributed by atoms with Crippen molar-refractivity contribution < 1.29 is 9.53 Å². The first-order valence-corrected chi connectivity index (χ1v) is 9.16. The van der Waals surface area contributed by atoms with Gasteiger partial charge in [-0.3, -0.25) is 4.79 Å². The Bertz CT molecular complexity index is 1130. The third-order valence-corrected chi connectivity index (χ3v) is 4.69. The zero-order valence-corrected chi connectivity index (χ0v) is 15.5. The molecular weight excluding hydrogens is 336 g/mol. The van der Waals surface area contributed by atoms with Crippen molar-refractivity contribution in [1.29, 1.82) is 0 Å². The van der Waals surface area contributed by atoms with Crippen LogP contribution in [0.2, 0.25) is 0 Å². The minimum Gasteiger partial charge on any atom is -0.493 e. The standard InChI is InChI=1S/C23H22N2O2/c1-3-27-21-11-9-17-6-4-5-7-19(17)22(21)23(26)24-14-16-8-10-20-18(13-16)12-15(2)25-20/h4-13,25H,3,14H2,1-2H3,(H,24,26). The number of benzene rings is 3. The van der Waals surface area contributed by atoms with Crippen LogP contribution in [0, 0.1) is 6.92 Å². The monoisotopic (exact) mass is 358 g/mol. The van der Waals surface area contributed by atoms with Gasteiger partial charge in [-0.25, -0.2) is 0 Å². The first kappa shape index (κ1) is 17.2. The highest BCUT2D eigenvalue weighted by molar-refractivity contribution is 6.09. The summed E-state index contributed by atoms with van der Waals surface area (Å²) in [5.74, 6) is 0.492. The summed E-state index contributed by atoms with van der Waals surface area (Å²) in [6.45, 7) is 4.94. The van der Waals surface area contributed by atoms with Gasteiger partial charge in [0.25, 0.3) is 5.91 Å². The third-order valence-electron chi connectivity index (χ3n) is 4.69. The number of carbonyl (C=O) groups is 1. The Labute approximate surface area is 158 Å². The summed E-state index contributed by atoms with van der Waals surface area (Å²) < 4.78 is 5.71. The topological polar surface area (TPSA) is 54.1 Å². The summed E-state index contributed by atoms with van der Waals surface area (Å²) >= 11 is 0. The molecule has 3 aromatic carbocycles. The number of fused-ring (bicyclic) bond motifs is 2. The smallest absolute Gasteiger partial charge is 0.255 e. The number of nitrogens with one attached hydrogen (secondary N) is 2. The largest absolute Gasteiger partial charge is 0.493 e. The number of rotatable bonds is 5. The van der Waals surface area contributed by atoms with E-state index in [1.54, 1.807) is 0 Å². The average molecular weight is 358 g/mol. The third kappa shape index (κ3) is 3.38. The van der Waals surface area contributed by atoms with Crippen LogP contribution in [0.4, 0.5) is 0 Å². The van der Waals surface area contributed by atoms with Crippen molar-refractivity contribution >= 4 is 27.6 Å². The van der Waals surface area contributed by atoms with Gasteiger partial charge in [0.15, 0.2) is 0 Å². The van der Waals surface area contributed by atoms with Crippen LogP contribution in [0.5, 0.6) is 5.75 Å². The predicted octanol–water partition coefficient (Wildman–Crippen LogP) is 4.96. The summed E-state index contributed by atoms with van der Waals surface area (Å²) in [5.41, 5.74) is 3.89. The molecule has 4 rings (SSSR count). The summed E-state index contributed by atoms with van der Waals surface area (Å²) in [6, 6.07) is 20.0. The average Bonchev–Trinajstić information content (AvgIpc) is 3.05. The zero-order valence-electron chi connectivity index (χ0n) is 15.5. The summed E-state index contributed by atoms with van der Waals surface area (Å²) in [7, 11) is 0. The van der Waals surface area contributed by atoms with Crippen molar-refractivity contribution in [2.45, 2.75) is 20.4 Å². The second-order valence-corrected chi connectivity index (χ2v) is 6.65. The molecule has 0 fully saturated rings. The Morgan fingerprint density at radius 1 is 1.04 bits per heavy atom. The van der Waals surface area contributed by atoms with Crippen molar-refractivity contribution in [2.75, 3.05) is 6.61 Å². The van der Waals surface area contributed by atoms with Crippen LogP contribution in [0.3, 0.4) is 0 Å². The molecule has 0 spiro atoms. The normalized spacial score (nSPS) is 11.0. The van der Waals surface area contributed by atoms with E-state index in [0.29, 0.717) is 24.5 Å². The van der Waals surface area contributed by atoms with Crippen molar-refractivity contribution in [3.05, 3.63) is 77.5 Å². The Hall–Kier alpha value is -3.27. The SMILES string of the molecule is CCOc1ccc2ccccc2c1C(=O)NCc1ccc2[nH]c(C)cc2c1. The second-order valence-electron chi connectivity index (χ2n) is 6.65. The van der Waals surface area contributed by atoms with Crippen LogP contribution in [-0.4, -0.2) is 17.5 Å². The van der Waals surface area contributed by atoms with Gasteiger partial charge in [-0.15, -0.1) is 0 Å². The maximum absolute atomic E-state index is 13.0. The molecule has 0 aliphatic carbocycles. The molecule has 136 valence electrons. The van der Waals surface area contributed by atoms with E-state index in [1.165, 1.54) is 0 Å². The first-order valence-electron chi connectivity index (χ1n) is 9.16. The lowest BCUT2D eigenvalue weighted by Crippen LogP contribution is -2.23. The number of amides is 1. The number of carbonyl (C=O) groups excluding carboxylic acids is 1. The highest BCUT2D eigenvalue weighted by atomic mass is 16.5. The molecule has 4 heteroatoms. The molecule has 1 aromatic heterocycles. The molecule has 0 aliphatic rings. The van der Waals surface area contributed by atoms with E-state index in [1.807, 2.05) is 62.4 Å².